The number of aromatic amines is 1. The molecule has 0 aliphatic heterocycles. The van der Waals surface area contributed by atoms with E-state index in [1.165, 1.54) is 11.1 Å². The zero-order chi connectivity index (χ0) is 14.8. The lowest BCUT2D eigenvalue weighted by Gasteiger charge is -2.17. The van der Waals surface area contributed by atoms with Crippen LogP contribution < -0.4 is 5.32 Å². The van der Waals surface area contributed by atoms with E-state index in [1.54, 1.807) is 6.20 Å². The molecule has 0 spiro atoms. The van der Waals surface area contributed by atoms with E-state index in [-0.39, 0.29) is 5.92 Å². The van der Waals surface area contributed by atoms with Crippen LogP contribution in [0.4, 0.5) is 5.69 Å². The van der Waals surface area contributed by atoms with Crippen molar-refractivity contribution < 1.29 is 0 Å². The molecule has 21 heavy (non-hydrogen) atoms. The second-order valence-corrected chi connectivity index (χ2v) is 5.18. The van der Waals surface area contributed by atoms with Gasteiger partial charge in [0.1, 0.15) is 6.07 Å². The van der Waals surface area contributed by atoms with Crippen LogP contribution in [0.5, 0.6) is 0 Å². The molecule has 104 valence electrons. The summed E-state index contributed by atoms with van der Waals surface area (Å²) in [7, 11) is 1.94. The second kappa shape index (κ2) is 5.34. The van der Waals surface area contributed by atoms with Crippen LogP contribution in [-0.4, -0.2) is 12.0 Å². The normalized spacial score (nSPS) is 12.0. The third-order valence-corrected chi connectivity index (χ3v) is 4.02. The van der Waals surface area contributed by atoms with Gasteiger partial charge in [0, 0.05) is 35.8 Å². The molecule has 0 aliphatic rings. The lowest BCUT2D eigenvalue weighted by molar-refractivity contribution is 0.926. The number of aromatic nitrogens is 1. The van der Waals surface area contributed by atoms with Crippen molar-refractivity contribution >= 4 is 16.6 Å². The zero-order valence-electron chi connectivity index (χ0n) is 12.1. The highest BCUT2D eigenvalue weighted by molar-refractivity contribution is 5.86. The molecule has 1 aromatic heterocycles. The predicted octanol–water partition coefficient (Wildman–Crippen LogP) is 4.23. The van der Waals surface area contributed by atoms with Crippen molar-refractivity contribution in [3.63, 3.8) is 0 Å². The molecule has 0 bridgehead atoms. The van der Waals surface area contributed by atoms with Crippen molar-refractivity contribution in [2.24, 2.45) is 0 Å². The molecule has 0 fully saturated rings. The number of nitriles is 1. The van der Waals surface area contributed by atoms with Crippen molar-refractivity contribution in [3.8, 4) is 6.07 Å². The third kappa shape index (κ3) is 2.25. The Kier molecular flexibility index (Phi) is 3.37. The lowest BCUT2D eigenvalue weighted by Crippen LogP contribution is -2.01. The number of H-pyrrole nitrogens is 1. The van der Waals surface area contributed by atoms with Crippen molar-refractivity contribution in [1.82, 2.24) is 4.98 Å². The molecule has 0 saturated carbocycles. The van der Waals surface area contributed by atoms with Gasteiger partial charge in [-0.3, -0.25) is 0 Å². The number of hydrogen-bond acceptors (Lipinski definition) is 2. The molecule has 0 aliphatic carbocycles. The molecule has 3 heteroatoms. The molecule has 1 atom stereocenters. The molecule has 3 rings (SSSR count). The van der Waals surface area contributed by atoms with Crippen LogP contribution in [0.25, 0.3) is 10.9 Å². The molecule has 0 saturated heterocycles. The molecular weight excluding hydrogens is 258 g/mol. The Balaban J connectivity index is 2.09. The number of anilines is 1. The van der Waals surface area contributed by atoms with Crippen LogP contribution in [0, 0.1) is 11.3 Å². The fourth-order valence-electron chi connectivity index (χ4n) is 2.78. The Bertz CT molecular complexity index is 824. The summed E-state index contributed by atoms with van der Waals surface area (Å²) in [6.45, 7) is 2.19. The molecule has 0 amide bonds. The quantitative estimate of drug-likeness (QED) is 0.751. The molecule has 3 nitrogen and oxygen atoms in total. The first kappa shape index (κ1) is 13.3. The summed E-state index contributed by atoms with van der Waals surface area (Å²) >= 11 is 0. The topological polar surface area (TPSA) is 51.6 Å². The number of rotatable bonds is 3. The van der Waals surface area contributed by atoms with Gasteiger partial charge in [0.15, 0.2) is 0 Å². The van der Waals surface area contributed by atoms with Gasteiger partial charge < -0.3 is 10.3 Å². The van der Waals surface area contributed by atoms with E-state index < -0.39 is 0 Å². The summed E-state index contributed by atoms with van der Waals surface area (Å²) in [4.78, 5) is 3.13. The summed E-state index contributed by atoms with van der Waals surface area (Å²) < 4.78 is 0. The van der Waals surface area contributed by atoms with Gasteiger partial charge >= 0.3 is 0 Å². The van der Waals surface area contributed by atoms with Crippen LogP contribution in [-0.2, 0) is 0 Å². The zero-order valence-corrected chi connectivity index (χ0v) is 12.1. The number of nitrogens with one attached hydrogen (secondary N) is 2. The van der Waals surface area contributed by atoms with E-state index in [1.807, 2.05) is 19.2 Å². The van der Waals surface area contributed by atoms with E-state index in [9.17, 15) is 5.26 Å². The van der Waals surface area contributed by atoms with Crippen LogP contribution in [0.1, 0.15) is 29.5 Å². The number of nitrogens with zero attached hydrogens (tertiary/aromatic N) is 1. The monoisotopic (exact) mass is 275 g/mol. The first-order chi connectivity index (χ1) is 10.2. The summed E-state index contributed by atoms with van der Waals surface area (Å²) in [5.41, 5.74) is 5.31. The Morgan fingerprint density at radius 3 is 2.76 bits per heavy atom. The number of hydrogen-bond donors (Lipinski definition) is 2. The molecule has 1 heterocycles. The third-order valence-electron chi connectivity index (χ3n) is 4.02. The van der Waals surface area contributed by atoms with Crippen molar-refractivity contribution in [2.75, 3.05) is 12.4 Å². The van der Waals surface area contributed by atoms with Gasteiger partial charge in [-0.2, -0.15) is 5.26 Å². The maximum atomic E-state index is 9.17. The van der Waals surface area contributed by atoms with Crippen LogP contribution in [0.3, 0.4) is 0 Å². The Morgan fingerprint density at radius 1 is 1.19 bits per heavy atom. The molecule has 1 unspecified atom stereocenters. The molecule has 0 radical (unpaired) electrons. The highest BCUT2D eigenvalue weighted by Crippen LogP contribution is 2.32. The van der Waals surface area contributed by atoms with E-state index in [0.717, 1.165) is 16.6 Å². The van der Waals surface area contributed by atoms with Gasteiger partial charge in [0.2, 0.25) is 0 Å². The average Bonchev–Trinajstić information content (AvgIpc) is 2.96. The predicted molar refractivity (Wildman–Crippen MR) is 86.5 cm³/mol. The maximum Gasteiger partial charge on any atom is 0.101 e. The summed E-state index contributed by atoms with van der Waals surface area (Å²) in [5.74, 6) is 0.263. The van der Waals surface area contributed by atoms with Gasteiger partial charge in [-0.15, -0.1) is 0 Å². The Morgan fingerprint density at radius 2 is 2.00 bits per heavy atom. The van der Waals surface area contributed by atoms with Crippen LogP contribution in [0.2, 0.25) is 0 Å². The first-order valence-electron chi connectivity index (χ1n) is 7.02. The fourth-order valence-corrected chi connectivity index (χ4v) is 2.78. The molecule has 2 N–H and O–H groups in total. The Hall–Kier alpha value is -2.73. The van der Waals surface area contributed by atoms with E-state index in [4.69, 9.17) is 0 Å². The Labute approximate surface area is 124 Å². The second-order valence-electron chi connectivity index (χ2n) is 5.18. The average molecular weight is 275 g/mol. The number of benzene rings is 2. The fraction of sp³-hybridized carbons (Fsp3) is 0.167. The van der Waals surface area contributed by atoms with Crippen molar-refractivity contribution in [3.05, 3.63) is 65.4 Å². The van der Waals surface area contributed by atoms with E-state index in [0.29, 0.717) is 5.56 Å². The minimum Gasteiger partial charge on any atom is -0.388 e. The minimum absolute atomic E-state index is 0.263. The summed E-state index contributed by atoms with van der Waals surface area (Å²) in [6, 6.07) is 16.8. The highest BCUT2D eigenvalue weighted by Gasteiger charge is 2.13. The minimum atomic E-state index is 0.263. The van der Waals surface area contributed by atoms with E-state index in [2.05, 4.69) is 53.6 Å². The maximum absolute atomic E-state index is 9.17. The van der Waals surface area contributed by atoms with Crippen LogP contribution >= 0.6 is 0 Å². The molecular formula is C18H17N3. The summed E-state index contributed by atoms with van der Waals surface area (Å²) in [5, 5.41) is 13.4. The number of para-hydroxylation sites is 1. The first-order valence-corrected chi connectivity index (χ1v) is 7.02. The lowest BCUT2D eigenvalue weighted by atomic mass is 9.91. The van der Waals surface area contributed by atoms with Gasteiger partial charge in [0.25, 0.3) is 0 Å². The van der Waals surface area contributed by atoms with Gasteiger partial charge in [-0.05, 0) is 29.3 Å². The largest absolute Gasteiger partial charge is 0.388 e. The molecule has 3 aromatic rings. The van der Waals surface area contributed by atoms with Crippen molar-refractivity contribution in [2.45, 2.75) is 12.8 Å². The number of fused-ring (bicyclic) bond motifs is 1. The van der Waals surface area contributed by atoms with Gasteiger partial charge in [0.05, 0.1) is 5.56 Å². The highest BCUT2D eigenvalue weighted by atomic mass is 14.8. The SMILES string of the molecule is CNc1ccccc1C(C)c1ccc2[nH]cc(C#N)c2c1. The molecule has 2 aromatic carbocycles. The smallest absolute Gasteiger partial charge is 0.101 e. The summed E-state index contributed by atoms with van der Waals surface area (Å²) in [6.07, 6.45) is 1.76. The van der Waals surface area contributed by atoms with Crippen LogP contribution in [0.15, 0.2) is 48.7 Å². The van der Waals surface area contributed by atoms with Gasteiger partial charge in [-0.25, -0.2) is 0 Å². The van der Waals surface area contributed by atoms with E-state index >= 15 is 0 Å². The van der Waals surface area contributed by atoms with Gasteiger partial charge in [-0.1, -0.05) is 31.2 Å². The van der Waals surface area contributed by atoms with Crippen molar-refractivity contribution in [1.29, 1.82) is 5.26 Å². The standard InChI is InChI=1S/C18H17N3/c1-12(15-5-3-4-6-17(15)20-2)13-7-8-18-16(9-13)14(10-19)11-21-18/h3-9,11-12,20-21H,1-2H3.